The van der Waals surface area contributed by atoms with Crippen LogP contribution in [0.1, 0.15) is 17.5 Å². The van der Waals surface area contributed by atoms with Gasteiger partial charge in [-0.1, -0.05) is 17.7 Å². The van der Waals surface area contributed by atoms with Crippen LogP contribution in [0.2, 0.25) is 0 Å². The Morgan fingerprint density at radius 1 is 1.40 bits per heavy atom. The Kier molecular flexibility index (Phi) is 6.04. The van der Waals surface area contributed by atoms with Crippen molar-refractivity contribution in [3.05, 3.63) is 29.3 Å². The van der Waals surface area contributed by atoms with Gasteiger partial charge in [-0.15, -0.1) is 0 Å². The van der Waals surface area contributed by atoms with Crippen LogP contribution in [0.5, 0.6) is 0 Å². The van der Waals surface area contributed by atoms with Crippen LogP contribution >= 0.6 is 11.8 Å². The van der Waals surface area contributed by atoms with Crippen molar-refractivity contribution in [3.63, 3.8) is 0 Å². The Labute approximate surface area is 123 Å². The molecule has 0 saturated heterocycles. The molecule has 0 radical (unpaired) electrons. The number of benzene rings is 1. The lowest BCUT2D eigenvalue weighted by molar-refractivity contribution is -0.139. The highest BCUT2D eigenvalue weighted by atomic mass is 32.2. The van der Waals surface area contributed by atoms with Gasteiger partial charge in [0.05, 0.1) is 4.90 Å². The molecule has 20 heavy (non-hydrogen) atoms. The van der Waals surface area contributed by atoms with E-state index in [1.165, 1.54) is 17.8 Å². The maximum absolute atomic E-state index is 12.3. The van der Waals surface area contributed by atoms with Crippen LogP contribution in [0.4, 0.5) is 0 Å². The molecule has 112 valence electrons. The Balaban J connectivity index is 3.00. The lowest BCUT2D eigenvalue weighted by atomic mass is 10.2. The molecule has 5 nitrogen and oxygen atoms in total. The third-order valence-corrected chi connectivity index (χ3v) is 5.10. The lowest BCUT2D eigenvalue weighted by Gasteiger charge is -2.15. The molecule has 0 heterocycles. The van der Waals surface area contributed by atoms with Crippen LogP contribution < -0.4 is 4.72 Å². The summed E-state index contributed by atoms with van der Waals surface area (Å²) in [6.45, 7) is 3.56. The number of sulfonamides is 1. The summed E-state index contributed by atoms with van der Waals surface area (Å²) in [6, 6.07) is 3.85. The molecule has 0 bridgehead atoms. The Morgan fingerprint density at radius 3 is 2.55 bits per heavy atom. The number of nitrogens with one attached hydrogen (secondary N) is 1. The van der Waals surface area contributed by atoms with E-state index in [4.69, 9.17) is 5.11 Å². The van der Waals surface area contributed by atoms with E-state index in [9.17, 15) is 13.2 Å². The minimum absolute atomic E-state index is 0.124. The first-order valence-corrected chi connectivity index (χ1v) is 8.97. The number of aryl methyl sites for hydroxylation is 2. The third kappa shape index (κ3) is 4.50. The van der Waals surface area contributed by atoms with Crippen molar-refractivity contribution in [2.45, 2.75) is 31.2 Å². The highest BCUT2D eigenvalue weighted by Crippen LogP contribution is 2.17. The van der Waals surface area contributed by atoms with Crippen LogP contribution in [0.25, 0.3) is 0 Å². The number of hydrogen-bond donors (Lipinski definition) is 2. The summed E-state index contributed by atoms with van der Waals surface area (Å²) in [6.07, 6.45) is 2.10. The van der Waals surface area contributed by atoms with E-state index in [0.29, 0.717) is 11.3 Å². The second kappa shape index (κ2) is 7.10. The first kappa shape index (κ1) is 17.0. The number of carboxylic acids is 1. The molecule has 0 spiro atoms. The maximum atomic E-state index is 12.3. The second-order valence-electron chi connectivity index (χ2n) is 4.56. The molecule has 0 saturated carbocycles. The van der Waals surface area contributed by atoms with Gasteiger partial charge < -0.3 is 5.11 Å². The van der Waals surface area contributed by atoms with Gasteiger partial charge in [-0.2, -0.15) is 16.5 Å². The van der Waals surface area contributed by atoms with Gasteiger partial charge in [-0.3, -0.25) is 4.79 Å². The zero-order chi connectivity index (χ0) is 15.3. The van der Waals surface area contributed by atoms with Gasteiger partial charge >= 0.3 is 5.97 Å². The Hall–Kier alpha value is -1.05. The maximum Gasteiger partial charge on any atom is 0.321 e. The SMILES string of the molecule is CSCCC(NS(=O)(=O)c1ccc(C)cc1C)C(=O)O. The minimum atomic E-state index is -3.82. The average molecular weight is 317 g/mol. The van der Waals surface area contributed by atoms with Crippen molar-refractivity contribution in [3.8, 4) is 0 Å². The monoisotopic (exact) mass is 317 g/mol. The highest BCUT2D eigenvalue weighted by Gasteiger charge is 2.25. The normalized spacial score (nSPS) is 13.2. The standard InChI is InChI=1S/C13H19NO4S2/c1-9-4-5-12(10(2)8-9)20(17,18)14-11(13(15)16)6-7-19-3/h4-5,8,11,14H,6-7H2,1-3H3,(H,15,16). The zero-order valence-corrected chi connectivity index (χ0v) is 13.3. The van der Waals surface area contributed by atoms with Crippen molar-refractivity contribution < 1.29 is 18.3 Å². The number of carboxylic acid groups (broad SMARTS) is 1. The van der Waals surface area contributed by atoms with Crippen molar-refractivity contribution in [2.24, 2.45) is 0 Å². The van der Waals surface area contributed by atoms with Crippen LogP contribution in [0, 0.1) is 13.8 Å². The fourth-order valence-electron chi connectivity index (χ4n) is 1.82. The van der Waals surface area contributed by atoms with E-state index in [1.807, 2.05) is 13.2 Å². The van der Waals surface area contributed by atoms with Gasteiger partial charge in [0, 0.05) is 0 Å². The molecule has 1 aromatic rings. The summed E-state index contributed by atoms with van der Waals surface area (Å²) < 4.78 is 26.8. The van der Waals surface area contributed by atoms with Gasteiger partial charge in [-0.25, -0.2) is 8.42 Å². The molecule has 2 N–H and O–H groups in total. The van der Waals surface area contributed by atoms with E-state index in [1.54, 1.807) is 19.1 Å². The topological polar surface area (TPSA) is 83.5 Å². The summed E-state index contributed by atoms with van der Waals surface area (Å²) >= 11 is 1.48. The molecule has 1 unspecified atom stereocenters. The Bertz CT molecular complexity index is 584. The van der Waals surface area contributed by atoms with Crippen molar-refractivity contribution in [1.29, 1.82) is 0 Å². The van der Waals surface area contributed by atoms with Crippen LogP contribution in [-0.4, -0.2) is 37.5 Å². The van der Waals surface area contributed by atoms with Crippen LogP contribution in [0.3, 0.4) is 0 Å². The summed E-state index contributed by atoms with van der Waals surface area (Å²) in [5.74, 6) is -0.584. The van der Waals surface area contributed by atoms with Crippen molar-refractivity contribution in [1.82, 2.24) is 4.72 Å². The van der Waals surface area contributed by atoms with Crippen molar-refractivity contribution in [2.75, 3.05) is 12.0 Å². The summed E-state index contributed by atoms with van der Waals surface area (Å²) in [5.41, 5.74) is 1.56. The van der Waals surface area contributed by atoms with Gasteiger partial charge in [0.15, 0.2) is 0 Å². The largest absolute Gasteiger partial charge is 0.480 e. The average Bonchev–Trinajstić information content (AvgIpc) is 2.33. The predicted molar refractivity (Wildman–Crippen MR) is 80.7 cm³/mol. The molecule has 0 aliphatic heterocycles. The number of aliphatic carboxylic acids is 1. The lowest BCUT2D eigenvalue weighted by Crippen LogP contribution is -2.41. The summed E-state index contributed by atoms with van der Waals surface area (Å²) in [7, 11) is -3.82. The van der Waals surface area contributed by atoms with E-state index in [0.717, 1.165) is 5.56 Å². The molecule has 1 atom stereocenters. The van der Waals surface area contributed by atoms with Gasteiger partial charge in [-0.05, 0) is 43.9 Å². The molecule has 0 aliphatic carbocycles. The number of thioether (sulfide) groups is 1. The van der Waals surface area contributed by atoms with Crippen molar-refractivity contribution >= 4 is 27.8 Å². The second-order valence-corrected chi connectivity index (χ2v) is 7.23. The fourth-order valence-corrected chi connectivity index (χ4v) is 3.74. The number of hydrogen-bond acceptors (Lipinski definition) is 4. The molecule has 1 aromatic carbocycles. The Morgan fingerprint density at radius 2 is 2.05 bits per heavy atom. The summed E-state index contributed by atoms with van der Waals surface area (Å²) in [4.78, 5) is 11.2. The zero-order valence-electron chi connectivity index (χ0n) is 11.7. The van der Waals surface area contributed by atoms with E-state index < -0.39 is 22.0 Å². The first-order chi connectivity index (χ1) is 9.27. The highest BCUT2D eigenvalue weighted by molar-refractivity contribution is 7.98. The molecule has 0 aliphatic rings. The molecule has 0 fully saturated rings. The molecule has 0 amide bonds. The number of carbonyl (C=O) groups is 1. The predicted octanol–water partition coefficient (Wildman–Crippen LogP) is 1.79. The minimum Gasteiger partial charge on any atom is -0.480 e. The molecule has 7 heteroatoms. The molecule has 1 rings (SSSR count). The molecular weight excluding hydrogens is 298 g/mol. The van der Waals surface area contributed by atoms with E-state index in [2.05, 4.69) is 4.72 Å². The fraction of sp³-hybridized carbons (Fsp3) is 0.462. The quantitative estimate of drug-likeness (QED) is 0.801. The van der Waals surface area contributed by atoms with Crippen LogP contribution in [-0.2, 0) is 14.8 Å². The summed E-state index contributed by atoms with van der Waals surface area (Å²) in [5, 5.41) is 9.09. The van der Waals surface area contributed by atoms with Gasteiger partial charge in [0.2, 0.25) is 10.0 Å². The first-order valence-electron chi connectivity index (χ1n) is 6.09. The van der Waals surface area contributed by atoms with Gasteiger partial charge in [0.1, 0.15) is 6.04 Å². The van der Waals surface area contributed by atoms with Crippen LogP contribution in [0.15, 0.2) is 23.1 Å². The van der Waals surface area contributed by atoms with Gasteiger partial charge in [0.25, 0.3) is 0 Å². The smallest absolute Gasteiger partial charge is 0.321 e. The number of rotatable bonds is 7. The third-order valence-electron chi connectivity index (χ3n) is 2.83. The molecule has 0 aromatic heterocycles. The van der Waals surface area contributed by atoms with E-state index in [-0.39, 0.29) is 11.3 Å². The molecular formula is C13H19NO4S2. The van der Waals surface area contributed by atoms with E-state index >= 15 is 0 Å².